The van der Waals surface area contributed by atoms with Gasteiger partial charge < -0.3 is 10.3 Å². The van der Waals surface area contributed by atoms with Gasteiger partial charge in [-0.25, -0.2) is 4.98 Å². The molecule has 0 bridgehead atoms. The van der Waals surface area contributed by atoms with Crippen LogP contribution in [0.3, 0.4) is 0 Å². The Kier molecular flexibility index (Phi) is 2.74. The first kappa shape index (κ1) is 9.55. The van der Waals surface area contributed by atoms with Crippen LogP contribution in [-0.4, -0.2) is 21.8 Å². The Morgan fingerprint density at radius 3 is 2.93 bits per heavy atom. The lowest BCUT2D eigenvalue weighted by atomic mass is 10.3. The number of aryl methyl sites for hydroxylation is 1. The molecule has 0 radical (unpaired) electrons. The van der Waals surface area contributed by atoms with E-state index in [0.29, 0.717) is 6.54 Å². The minimum absolute atomic E-state index is 0.688. The van der Waals surface area contributed by atoms with Crippen molar-refractivity contribution in [1.29, 1.82) is 0 Å². The number of nitrogens with zero attached hydrogens (tertiary/aromatic N) is 2. The Labute approximate surface area is 87.3 Å². The summed E-state index contributed by atoms with van der Waals surface area (Å²) in [5, 5.41) is 1.04. The maximum Gasteiger partial charge on any atom is 0.168 e. The highest BCUT2D eigenvalue weighted by atomic mass is 32.2. The highest BCUT2D eigenvalue weighted by Gasteiger charge is 2.05. The maximum atomic E-state index is 5.46. The SMILES string of the molecule is Cn1c(SCCN)nc2ccccc21. The normalized spacial score (nSPS) is 11.0. The van der Waals surface area contributed by atoms with Crippen molar-refractivity contribution in [2.24, 2.45) is 12.8 Å². The Balaban J connectivity index is 2.41. The van der Waals surface area contributed by atoms with E-state index in [2.05, 4.69) is 15.6 Å². The van der Waals surface area contributed by atoms with E-state index in [9.17, 15) is 0 Å². The number of rotatable bonds is 3. The second-order valence-electron chi connectivity index (χ2n) is 3.08. The molecule has 2 rings (SSSR count). The van der Waals surface area contributed by atoms with Gasteiger partial charge in [0.2, 0.25) is 0 Å². The van der Waals surface area contributed by atoms with E-state index in [4.69, 9.17) is 5.73 Å². The second-order valence-corrected chi connectivity index (χ2v) is 4.14. The fourth-order valence-electron chi connectivity index (χ4n) is 1.40. The van der Waals surface area contributed by atoms with Crippen LogP contribution < -0.4 is 5.73 Å². The molecule has 74 valence electrons. The first-order valence-electron chi connectivity index (χ1n) is 4.57. The van der Waals surface area contributed by atoms with Crippen molar-refractivity contribution in [3.8, 4) is 0 Å². The minimum atomic E-state index is 0.688. The highest BCUT2D eigenvalue weighted by molar-refractivity contribution is 7.99. The Morgan fingerprint density at radius 2 is 2.21 bits per heavy atom. The number of imidazole rings is 1. The van der Waals surface area contributed by atoms with Gasteiger partial charge in [-0.05, 0) is 12.1 Å². The summed E-state index contributed by atoms with van der Waals surface area (Å²) in [5.41, 5.74) is 7.69. The summed E-state index contributed by atoms with van der Waals surface area (Å²) in [6, 6.07) is 8.14. The quantitative estimate of drug-likeness (QED) is 0.778. The third-order valence-electron chi connectivity index (χ3n) is 2.10. The summed E-state index contributed by atoms with van der Waals surface area (Å²) in [7, 11) is 2.04. The molecule has 14 heavy (non-hydrogen) atoms. The van der Waals surface area contributed by atoms with Crippen molar-refractivity contribution in [2.45, 2.75) is 5.16 Å². The summed E-state index contributed by atoms with van der Waals surface area (Å²) in [5.74, 6) is 0.914. The molecular formula is C10H13N3S. The monoisotopic (exact) mass is 207 g/mol. The van der Waals surface area contributed by atoms with Crippen molar-refractivity contribution in [1.82, 2.24) is 9.55 Å². The average molecular weight is 207 g/mol. The van der Waals surface area contributed by atoms with Crippen molar-refractivity contribution in [3.05, 3.63) is 24.3 Å². The van der Waals surface area contributed by atoms with Gasteiger partial charge in [-0.1, -0.05) is 23.9 Å². The molecule has 0 aliphatic carbocycles. The van der Waals surface area contributed by atoms with Crippen LogP contribution in [-0.2, 0) is 7.05 Å². The molecule has 0 spiro atoms. The standard InChI is InChI=1S/C10H13N3S/c1-13-9-5-3-2-4-8(9)12-10(13)14-7-6-11/h2-5H,6-7,11H2,1H3. The smallest absolute Gasteiger partial charge is 0.168 e. The van der Waals surface area contributed by atoms with Gasteiger partial charge in [0, 0.05) is 19.3 Å². The zero-order valence-electron chi connectivity index (χ0n) is 8.10. The minimum Gasteiger partial charge on any atom is -0.330 e. The van der Waals surface area contributed by atoms with E-state index in [1.165, 1.54) is 5.52 Å². The van der Waals surface area contributed by atoms with Crippen LogP contribution in [0.25, 0.3) is 11.0 Å². The van der Waals surface area contributed by atoms with Gasteiger partial charge in [0.15, 0.2) is 5.16 Å². The third-order valence-corrected chi connectivity index (χ3v) is 3.16. The molecule has 0 saturated carbocycles. The zero-order chi connectivity index (χ0) is 9.97. The Morgan fingerprint density at radius 1 is 1.43 bits per heavy atom. The van der Waals surface area contributed by atoms with E-state index < -0.39 is 0 Å². The van der Waals surface area contributed by atoms with Crippen LogP contribution in [0, 0.1) is 0 Å². The van der Waals surface area contributed by atoms with Crippen molar-refractivity contribution in [3.63, 3.8) is 0 Å². The van der Waals surface area contributed by atoms with Crippen molar-refractivity contribution in [2.75, 3.05) is 12.3 Å². The molecular weight excluding hydrogens is 194 g/mol. The van der Waals surface area contributed by atoms with Crippen molar-refractivity contribution < 1.29 is 0 Å². The predicted octanol–water partition coefficient (Wildman–Crippen LogP) is 1.62. The first-order chi connectivity index (χ1) is 6.83. The summed E-state index contributed by atoms with van der Waals surface area (Å²) in [4.78, 5) is 4.52. The van der Waals surface area contributed by atoms with E-state index >= 15 is 0 Å². The maximum absolute atomic E-state index is 5.46. The van der Waals surface area contributed by atoms with E-state index in [-0.39, 0.29) is 0 Å². The largest absolute Gasteiger partial charge is 0.330 e. The lowest BCUT2D eigenvalue weighted by Crippen LogP contribution is -2.02. The molecule has 0 saturated heterocycles. The number of thioether (sulfide) groups is 1. The van der Waals surface area contributed by atoms with Crippen LogP contribution in [0.4, 0.5) is 0 Å². The third kappa shape index (κ3) is 1.63. The number of benzene rings is 1. The van der Waals surface area contributed by atoms with Crippen LogP contribution in [0.2, 0.25) is 0 Å². The number of hydrogen-bond donors (Lipinski definition) is 1. The average Bonchev–Trinajstić information content (AvgIpc) is 2.54. The molecule has 1 aromatic heterocycles. The van der Waals surface area contributed by atoms with E-state index in [1.807, 2.05) is 25.2 Å². The van der Waals surface area contributed by atoms with Gasteiger partial charge in [0.25, 0.3) is 0 Å². The van der Waals surface area contributed by atoms with Crippen LogP contribution in [0.5, 0.6) is 0 Å². The van der Waals surface area contributed by atoms with Gasteiger partial charge in [-0.3, -0.25) is 0 Å². The Bertz CT molecular complexity index is 436. The number of nitrogens with two attached hydrogens (primary N) is 1. The van der Waals surface area contributed by atoms with Gasteiger partial charge in [0.1, 0.15) is 0 Å². The molecule has 1 aromatic carbocycles. The molecule has 3 nitrogen and oxygen atoms in total. The molecule has 4 heteroatoms. The zero-order valence-corrected chi connectivity index (χ0v) is 8.92. The topological polar surface area (TPSA) is 43.8 Å². The number of aromatic nitrogens is 2. The predicted molar refractivity (Wildman–Crippen MR) is 60.5 cm³/mol. The lowest BCUT2D eigenvalue weighted by molar-refractivity contribution is 0.814. The van der Waals surface area contributed by atoms with E-state index in [1.54, 1.807) is 11.8 Å². The first-order valence-corrected chi connectivity index (χ1v) is 5.56. The van der Waals surface area contributed by atoms with Crippen LogP contribution in [0.1, 0.15) is 0 Å². The second kappa shape index (κ2) is 4.02. The number of para-hydroxylation sites is 2. The van der Waals surface area contributed by atoms with E-state index in [0.717, 1.165) is 16.4 Å². The molecule has 2 aromatic rings. The summed E-state index contributed by atoms with van der Waals surface area (Å²) < 4.78 is 2.11. The van der Waals surface area contributed by atoms with Gasteiger partial charge in [-0.2, -0.15) is 0 Å². The fourth-order valence-corrected chi connectivity index (χ4v) is 2.16. The molecule has 0 unspecified atom stereocenters. The van der Waals surface area contributed by atoms with Gasteiger partial charge >= 0.3 is 0 Å². The summed E-state index contributed by atoms with van der Waals surface area (Å²) in [6.45, 7) is 0.688. The number of fused-ring (bicyclic) bond motifs is 1. The molecule has 0 aliphatic heterocycles. The summed E-state index contributed by atoms with van der Waals surface area (Å²) >= 11 is 1.70. The highest BCUT2D eigenvalue weighted by Crippen LogP contribution is 2.21. The molecule has 1 heterocycles. The molecule has 0 atom stereocenters. The molecule has 0 fully saturated rings. The summed E-state index contributed by atoms with van der Waals surface area (Å²) in [6.07, 6.45) is 0. The number of hydrogen-bond acceptors (Lipinski definition) is 3. The lowest BCUT2D eigenvalue weighted by Gasteiger charge is -1.99. The van der Waals surface area contributed by atoms with Crippen LogP contribution in [0.15, 0.2) is 29.4 Å². The molecule has 2 N–H and O–H groups in total. The Hall–Kier alpha value is -1.00. The van der Waals surface area contributed by atoms with Crippen molar-refractivity contribution >= 4 is 22.8 Å². The van der Waals surface area contributed by atoms with Crippen LogP contribution >= 0.6 is 11.8 Å². The van der Waals surface area contributed by atoms with Gasteiger partial charge in [0.05, 0.1) is 11.0 Å². The molecule has 0 aliphatic rings. The molecule has 0 amide bonds. The van der Waals surface area contributed by atoms with Gasteiger partial charge in [-0.15, -0.1) is 0 Å². The fraction of sp³-hybridized carbons (Fsp3) is 0.300.